The van der Waals surface area contributed by atoms with Crippen LogP contribution in [0.1, 0.15) is 12.8 Å². The van der Waals surface area contributed by atoms with Gasteiger partial charge in [0.1, 0.15) is 0 Å². The Kier molecular flexibility index (Phi) is 9.00. The second-order valence-electron chi connectivity index (χ2n) is 7.12. The smallest absolute Gasteiger partial charge is 0.396 e. The van der Waals surface area contributed by atoms with Crippen LogP contribution in [0.3, 0.4) is 0 Å². The summed E-state index contributed by atoms with van der Waals surface area (Å²) in [6.45, 7) is -2.07. The molecule has 0 radical (unpaired) electrons. The van der Waals surface area contributed by atoms with Crippen molar-refractivity contribution in [1.29, 1.82) is 0 Å². The minimum Gasteiger partial charge on any atom is -0.396 e. The topological polar surface area (TPSA) is 149 Å². The van der Waals surface area contributed by atoms with Crippen molar-refractivity contribution in [3.8, 4) is 0 Å². The molecule has 2 unspecified atom stereocenters. The Bertz CT molecular complexity index is 1100. The van der Waals surface area contributed by atoms with E-state index in [9.17, 15) is 87.8 Å². The molecule has 8 nitrogen and oxygen atoms in total. The molecule has 0 aromatic rings. The Morgan fingerprint density at radius 3 is 1.16 bits per heavy atom. The van der Waals surface area contributed by atoms with E-state index in [1.165, 1.54) is 0 Å². The lowest BCUT2D eigenvalue weighted by molar-refractivity contribution is -0.422. The molecule has 26 heteroatoms. The van der Waals surface area contributed by atoms with Crippen molar-refractivity contribution < 1.29 is 106 Å². The van der Waals surface area contributed by atoms with E-state index < -0.39 is 91.3 Å². The molecule has 4 N–H and O–H groups in total. The number of hydrogen-bond acceptors (Lipinski definition) is 6. The van der Waals surface area contributed by atoms with Gasteiger partial charge in [-0.05, 0) is 12.8 Å². The van der Waals surface area contributed by atoms with Gasteiger partial charge in [0.05, 0.1) is 0 Å². The highest BCUT2D eigenvalue weighted by molar-refractivity contribution is 7.87. The third-order valence-corrected chi connectivity index (χ3v) is 6.95. The number of rotatable bonds is 12. The average molecular weight is 650 g/mol. The van der Waals surface area contributed by atoms with Gasteiger partial charge >= 0.3 is 66.3 Å². The van der Waals surface area contributed by atoms with Crippen molar-refractivity contribution in [3.05, 3.63) is 0 Å². The van der Waals surface area contributed by atoms with Crippen molar-refractivity contribution in [2.24, 2.45) is 0 Å². The van der Waals surface area contributed by atoms with Crippen LogP contribution in [0.25, 0.3) is 0 Å². The summed E-state index contributed by atoms with van der Waals surface area (Å²) in [5.41, 5.74) is -7.49. The summed E-state index contributed by atoms with van der Waals surface area (Å²) in [5.74, 6) is -42.8. The maximum Gasteiger partial charge on any atom is 0.460 e. The van der Waals surface area contributed by atoms with Crippen LogP contribution < -0.4 is 0 Å². The van der Waals surface area contributed by atoms with E-state index >= 15 is 4.39 Å². The highest BCUT2D eigenvalue weighted by atomic mass is 32.2. The molecule has 0 aliphatic heterocycles. The first-order chi connectivity index (χ1) is 16.1. The molecule has 38 heavy (non-hydrogen) atoms. The molecule has 0 fully saturated rings. The third-order valence-electron chi connectivity index (χ3n) is 4.74. The third kappa shape index (κ3) is 4.46. The Balaban J connectivity index is 8.14. The Morgan fingerprint density at radius 2 is 0.895 bits per heavy atom. The fourth-order valence-electron chi connectivity index (χ4n) is 2.67. The lowest BCUT2D eigenvalue weighted by Crippen LogP contribution is -2.81. The number of halogens is 16. The molecule has 0 saturated heterocycles. The van der Waals surface area contributed by atoms with Crippen LogP contribution in [0.4, 0.5) is 70.2 Å². The second kappa shape index (κ2) is 9.34. The van der Waals surface area contributed by atoms with Crippen molar-refractivity contribution >= 4 is 20.2 Å². The molecule has 0 spiro atoms. The lowest BCUT2D eigenvalue weighted by atomic mass is 9.76. The summed E-state index contributed by atoms with van der Waals surface area (Å²) in [6, 6.07) is 0. The zero-order valence-corrected chi connectivity index (χ0v) is 18.5. The van der Waals surface area contributed by atoms with Crippen molar-refractivity contribution in [3.63, 3.8) is 0 Å². The molecule has 0 saturated carbocycles. The maximum atomic E-state index is 15.1. The van der Waals surface area contributed by atoms with Gasteiger partial charge < -0.3 is 10.2 Å². The zero-order valence-electron chi connectivity index (χ0n) is 16.9. The van der Waals surface area contributed by atoms with Crippen LogP contribution in [0, 0.1) is 0 Å². The number of aliphatic hydroxyl groups is 2. The summed E-state index contributed by atoms with van der Waals surface area (Å²) in [4.78, 5) is 0. The van der Waals surface area contributed by atoms with Gasteiger partial charge in [-0.1, -0.05) is 0 Å². The van der Waals surface area contributed by atoms with E-state index in [2.05, 4.69) is 0 Å². The summed E-state index contributed by atoms with van der Waals surface area (Å²) >= 11 is 0. The molecule has 0 heterocycles. The molecular weight excluding hydrogens is 640 g/mol. The lowest BCUT2D eigenvalue weighted by Gasteiger charge is -2.50. The monoisotopic (exact) mass is 650 g/mol. The van der Waals surface area contributed by atoms with Gasteiger partial charge in [-0.3, -0.25) is 9.11 Å². The summed E-state index contributed by atoms with van der Waals surface area (Å²) in [5, 5.41) is 1.90. The van der Waals surface area contributed by atoms with Gasteiger partial charge in [0.25, 0.3) is 0 Å². The quantitative estimate of drug-likeness (QED) is 0.186. The first-order valence-electron chi connectivity index (χ1n) is 8.36. The van der Waals surface area contributed by atoms with Crippen molar-refractivity contribution in [1.82, 2.24) is 0 Å². The van der Waals surface area contributed by atoms with Gasteiger partial charge in [0.15, 0.2) is 5.60 Å². The summed E-state index contributed by atoms with van der Waals surface area (Å²) < 4.78 is 278. The fraction of sp³-hybridized carbons (Fsp3) is 1.00. The van der Waals surface area contributed by atoms with Crippen LogP contribution in [0.5, 0.6) is 0 Å². The number of hydrogen-bond donors (Lipinski definition) is 4. The Morgan fingerprint density at radius 1 is 0.526 bits per heavy atom. The van der Waals surface area contributed by atoms with E-state index in [1.54, 1.807) is 0 Å². The minimum atomic E-state index is -8.70. The van der Waals surface area contributed by atoms with E-state index in [-0.39, 0.29) is 0 Å². The number of alkyl halides is 16. The molecule has 0 aliphatic carbocycles. The van der Waals surface area contributed by atoms with E-state index in [0.29, 0.717) is 0 Å². The predicted octanol–water partition coefficient (Wildman–Crippen LogP) is 3.26. The van der Waals surface area contributed by atoms with Gasteiger partial charge in [0, 0.05) is 6.61 Å². The summed E-state index contributed by atoms with van der Waals surface area (Å²) in [7, 11) is -16.6. The van der Waals surface area contributed by atoms with Crippen LogP contribution in [0.2, 0.25) is 0 Å². The van der Waals surface area contributed by atoms with Gasteiger partial charge in [0.2, 0.25) is 0 Å². The number of aliphatic hydroxyl groups excluding tert-OH is 1. The molecule has 0 bridgehead atoms. The maximum absolute atomic E-state index is 15.1. The fourth-order valence-corrected chi connectivity index (χ4v) is 4.23. The van der Waals surface area contributed by atoms with E-state index in [1.807, 2.05) is 0 Å². The molecule has 230 valence electrons. The standard InChI is InChI=1S/C12H10F16O8S2/c13-5(14,6(15,16)9(21,22)12(27,28)38(34,35)36)4(30,2-1-3-29)10(23,37(31,32)33)7(17,18)8(19,20)11(24,25)26/h29-30H,1-3H2,(H,31,32,33)(H,34,35,36). The van der Waals surface area contributed by atoms with Crippen LogP contribution in [-0.4, -0.2) is 94.4 Å². The highest BCUT2D eigenvalue weighted by Crippen LogP contribution is 2.65. The Hall–Kier alpha value is -1.38. The minimum absolute atomic E-state index is 2.07. The average Bonchev–Trinajstić information content (AvgIpc) is 2.67. The molecule has 0 aliphatic rings. The van der Waals surface area contributed by atoms with Gasteiger partial charge in [-0.25, -0.2) is 4.39 Å². The van der Waals surface area contributed by atoms with E-state index in [0.717, 1.165) is 0 Å². The highest BCUT2D eigenvalue weighted by Gasteiger charge is 2.97. The van der Waals surface area contributed by atoms with E-state index in [4.69, 9.17) is 14.2 Å². The molecule has 0 amide bonds. The predicted molar refractivity (Wildman–Crippen MR) is 83.9 cm³/mol. The van der Waals surface area contributed by atoms with Crippen molar-refractivity contribution in [2.45, 2.75) is 64.5 Å². The molecule has 0 aromatic heterocycles. The first-order valence-corrected chi connectivity index (χ1v) is 11.2. The molecular formula is C12H10F16O8S2. The largest absolute Gasteiger partial charge is 0.460 e. The van der Waals surface area contributed by atoms with Gasteiger partial charge in [-0.2, -0.15) is 82.7 Å². The molecule has 0 aromatic carbocycles. The summed E-state index contributed by atoms with van der Waals surface area (Å²) in [6.07, 6.45) is -13.9. The SMILES string of the molecule is O=S(=O)(O)C(F)(F)C(F)(F)C(F)(F)C(F)(F)C(O)(CCCO)C(F)(C(F)(F)C(F)(F)C(F)(F)F)S(=O)(=O)O. The molecule has 0 rings (SSSR count). The van der Waals surface area contributed by atoms with Crippen LogP contribution in [-0.2, 0) is 20.2 Å². The van der Waals surface area contributed by atoms with Crippen LogP contribution >= 0.6 is 0 Å². The van der Waals surface area contributed by atoms with Gasteiger partial charge in [-0.15, -0.1) is 0 Å². The molecule has 2 atom stereocenters. The van der Waals surface area contributed by atoms with Crippen molar-refractivity contribution in [2.75, 3.05) is 6.61 Å². The normalized spacial score (nSPS) is 19.2. The van der Waals surface area contributed by atoms with Crippen LogP contribution in [0.15, 0.2) is 0 Å². The zero-order chi connectivity index (χ0) is 31.6. The second-order valence-corrected chi connectivity index (χ2v) is 10.1. The Labute approximate surface area is 198 Å². The first kappa shape index (κ1) is 36.6.